The van der Waals surface area contributed by atoms with Crippen LogP contribution in [0.1, 0.15) is 31.2 Å². The molecular weight excluding hydrogens is 287 g/mol. The number of amides is 2. The summed E-state index contributed by atoms with van der Waals surface area (Å²) in [4.78, 5) is 23.5. The smallest absolute Gasteiger partial charge is 0.313 e. The van der Waals surface area contributed by atoms with E-state index < -0.39 is 17.6 Å². The number of aliphatic hydroxyl groups is 1. The highest BCUT2D eigenvalue weighted by molar-refractivity contribution is 6.39. The highest BCUT2D eigenvalue weighted by Crippen LogP contribution is 2.23. The van der Waals surface area contributed by atoms with E-state index in [0.29, 0.717) is 13.0 Å². The molecular formula is C16H21FN2O3. The van der Waals surface area contributed by atoms with Crippen LogP contribution in [0, 0.1) is 18.7 Å². The van der Waals surface area contributed by atoms with Crippen LogP contribution in [0.15, 0.2) is 18.2 Å². The van der Waals surface area contributed by atoms with E-state index in [1.807, 2.05) is 0 Å². The number of nitrogens with one attached hydrogen (secondary N) is 2. The van der Waals surface area contributed by atoms with Crippen LogP contribution in [-0.2, 0) is 9.59 Å². The van der Waals surface area contributed by atoms with Crippen LogP contribution in [0.4, 0.5) is 10.1 Å². The van der Waals surface area contributed by atoms with Crippen molar-refractivity contribution in [3.05, 3.63) is 29.6 Å². The summed E-state index contributed by atoms with van der Waals surface area (Å²) in [7, 11) is 0. The lowest BCUT2D eigenvalue weighted by atomic mass is 9.87. The maximum Gasteiger partial charge on any atom is 0.313 e. The van der Waals surface area contributed by atoms with Gasteiger partial charge in [0.15, 0.2) is 0 Å². The Hall–Kier alpha value is -1.95. The lowest BCUT2D eigenvalue weighted by molar-refractivity contribution is -0.136. The fourth-order valence-electron chi connectivity index (χ4n) is 2.67. The number of halogens is 1. The van der Waals surface area contributed by atoms with Gasteiger partial charge in [-0.05, 0) is 49.8 Å². The molecule has 0 saturated heterocycles. The Bertz CT molecular complexity index is 562. The Morgan fingerprint density at radius 1 is 1.32 bits per heavy atom. The Kier molecular flexibility index (Phi) is 5.49. The van der Waals surface area contributed by atoms with E-state index in [2.05, 4.69) is 10.6 Å². The van der Waals surface area contributed by atoms with Crippen molar-refractivity contribution < 1.29 is 19.1 Å². The minimum absolute atomic E-state index is 0.0150. The van der Waals surface area contributed by atoms with Gasteiger partial charge >= 0.3 is 11.8 Å². The summed E-state index contributed by atoms with van der Waals surface area (Å²) >= 11 is 0. The second-order valence-electron chi connectivity index (χ2n) is 5.83. The van der Waals surface area contributed by atoms with Crippen molar-refractivity contribution in [2.75, 3.05) is 11.9 Å². The van der Waals surface area contributed by atoms with Crippen LogP contribution < -0.4 is 10.6 Å². The SMILES string of the molecule is Cc1ccc(NC(=O)C(=O)NCC2CCCC(O)C2)c(F)c1. The van der Waals surface area contributed by atoms with Gasteiger partial charge in [-0.15, -0.1) is 0 Å². The number of benzene rings is 1. The molecule has 1 aromatic rings. The largest absolute Gasteiger partial charge is 0.393 e. The second-order valence-corrected chi connectivity index (χ2v) is 5.83. The highest BCUT2D eigenvalue weighted by Gasteiger charge is 2.22. The molecule has 0 aliphatic heterocycles. The van der Waals surface area contributed by atoms with E-state index >= 15 is 0 Å². The quantitative estimate of drug-likeness (QED) is 0.744. The molecule has 2 atom stereocenters. The Morgan fingerprint density at radius 2 is 2.09 bits per heavy atom. The summed E-state index contributed by atoms with van der Waals surface area (Å²) in [6.07, 6.45) is 2.94. The van der Waals surface area contributed by atoms with Crippen LogP contribution in [0.25, 0.3) is 0 Å². The Labute approximate surface area is 128 Å². The van der Waals surface area contributed by atoms with E-state index in [9.17, 15) is 19.1 Å². The molecule has 1 aliphatic carbocycles. The first kappa shape index (κ1) is 16.4. The summed E-state index contributed by atoms with van der Waals surface area (Å²) in [5.74, 6) is -2.08. The van der Waals surface area contributed by atoms with Gasteiger partial charge in [0.25, 0.3) is 0 Å². The van der Waals surface area contributed by atoms with Crippen LogP contribution in [0.5, 0.6) is 0 Å². The molecule has 6 heteroatoms. The third-order valence-corrected chi connectivity index (χ3v) is 3.89. The number of aryl methyl sites for hydroxylation is 1. The molecule has 0 heterocycles. The second kappa shape index (κ2) is 7.35. The molecule has 0 radical (unpaired) electrons. The third kappa shape index (κ3) is 4.53. The van der Waals surface area contributed by atoms with E-state index in [4.69, 9.17) is 0 Å². The number of aliphatic hydroxyl groups excluding tert-OH is 1. The zero-order valence-electron chi connectivity index (χ0n) is 12.6. The van der Waals surface area contributed by atoms with Crippen LogP contribution >= 0.6 is 0 Å². The van der Waals surface area contributed by atoms with Crippen LogP contribution in [0.3, 0.4) is 0 Å². The van der Waals surface area contributed by atoms with Gasteiger partial charge in [-0.3, -0.25) is 9.59 Å². The van der Waals surface area contributed by atoms with Crippen LogP contribution in [0.2, 0.25) is 0 Å². The molecule has 120 valence electrons. The van der Waals surface area contributed by atoms with E-state index in [-0.39, 0.29) is 17.7 Å². The molecule has 22 heavy (non-hydrogen) atoms. The molecule has 3 N–H and O–H groups in total. The number of carbonyl (C=O) groups excluding carboxylic acids is 2. The number of anilines is 1. The van der Waals surface area contributed by atoms with E-state index in [1.165, 1.54) is 12.1 Å². The van der Waals surface area contributed by atoms with E-state index in [1.54, 1.807) is 13.0 Å². The molecule has 1 fully saturated rings. The Morgan fingerprint density at radius 3 is 2.77 bits per heavy atom. The van der Waals surface area contributed by atoms with Gasteiger partial charge in [0.1, 0.15) is 5.82 Å². The number of hydrogen-bond acceptors (Lipinski definition) is 3. The molecule has 2 rings (SSSR count). The van der Waals surface area contributed by atoms with Crippen molar-refractivity contribution in [1.82, 2.24) is 5.32 Å². The van der Waals surface area contributed by atoms with Crippen molar-refractivity contribution in [1.29, 1.82) is 0 Å². The number of hydrogen-bond donors (Lipinski definition) is 3. The average Bonchev–Trinajstić information content (AvgIpc) is 2.47. The van der Waals surface area contributed by atoms with Gasteiger partial charge in [0, 0.05) is 6.54 Å². The molecule has 2 unspecified atom stereocenters. The first-order valence-electron chi connectivity index (χ1n) is 7.49. The summed E-state index contributed by atoms with van der Waals surface area (Å²) in [6, 6.07) is 4.37. The van der Waals surface area contributed by atoms with Crippen molar-refractivity contribution in [3.63, 3.8) is 0 Å². The predicted octanol–water partition coefficient (Wildman–Crippen LogP) is 1.74. The van der Waals surface area contributed by atoms with Gasteiger partial charge in [0.05, 0.1) is 11.8 Å². The third-order valence-electron chi connectivity index (χ3n) is 3.89. The zero-order chi connectivity index (χ0) is 16.1. The van der Waals surface area contributed by atoms with Crippen LogP contribution in [-0.4, -0.2) is 29.6 Å². The number of rotatable bonds is 3. The summed E-state index contributed by atoms with van der Waals surface area (Å²) in [5.41, 5.74) is 0.717. The zero-order valence-corrected chi connectivity index (χ0v) is 12.6. The Balaban J connectivity index is 1.83. The van der Waals surface area contributed by atoms with Gasteiger partial charge in [0.2, 0.25) is 0 Å². The molecule has 1 aromatic carbocycles. The number of carbonyl (C=O) groups is 2. The molecule has 2 amide bonds. The standard InChI is InChI=1S/C16H21FN2O3/c1-10-5-6-14(13(17)7-10)19-16(22)15(21)18-9-11-3-2-4-12(20)8-11/h5-7,11-12,20H,2-4,8-9H2,1H3,(H,18,21)(H,19,22). The van der Waals surface area contributed by atoms with Crippen molar-refractivity contribution in [3.8, 4) is 0 Å². The minimum Gasteiger partial charge on any atom is -0.393 e. The lowest BCUT2D eigenvalue weighted by Crippen LogP contribution is -2.39. The first-order valence-corrected chi connectivity index (χ1v) is 7.49. The lowest BCUT2D eigenvalue weighted by Gasteiger charge is -2.25. The van der Waals surface area contributed by atoms with Gasteiger partial charge in [-0.1, -0.05) is 12.5 Å². The van der Waals surface area contributed by atoms with Gasteiger partial charge < -0.3 is 15.7 Å². The normalized spacial score (nSPS) is 21.2. The summed E-state index contributed by atoms with van der Waals surface area (Å²) < 4.78 is 13.6. The predicted molar refractivity (Wildman–Crippen MR) is 80.7 cm³/mol. The first-order chi connectivity index (χ1) is 10.5. The maximum atomic E-state index is 13.6. The molecule has 5 nitrogen and oxygen atoms in total. The average molecular weight is 308 g/mol. The summed E-state index contributed by atoms with van der Waals surface area (Å²) in [6.45, 7) is 2.08. The van der Waals surface area contributed by atoms with Gasteiger partial charge in [-0.25, -0.2) is 4.39 Å². The topological polar surface area (TPSA) is 78.4 Å². The monoisotopic (exact) mass is 308 g/mol. The van der Waals surface area contributed by atoms with Crippen molar-refractivity contribution >= 4 is 17.5 Å². The maximum absolute atomic E-state index is 13.6. The van der Waals surface area contributed by atoms with E-state index in [0.717, 1.165) is 24.8 Å². The molecule has 1 aliphatic rings. The molecule has 0 aromatic heterocycles. The molecule has 0 bridgehead atoms. The molecule has 1 saturated carbocycles. The fraction of sp³-hybridized carbons (Fsp3) is 0.500. The fourth-order valence-corrected chi connectivity index (χ4v) is 2.67. The van der Waals surface area contributed by atoms with Crippen molar-refractivity contribution in [2.45, 2.75) is 38.7 Å². The molecule has 0 spiro atoms. The van der Waals surface area contributed by atoms with Gasteiger partial charge in [-0.2, -0.15) is 0 Å². The highest BCUT2D eigenvalue weighted by atomic mass is 19.1. The summed E-state index contributed by atoms with van der Waals surface area (Å²) in [5, 5.41) is 14.4. The minimum atomic E-state index is -0.890. The van der Waals surface area contributed by atoms with Crippen molar-refractivity contribution in [2.24, 2.45) is 5.92 Å².